The normalized spacial score (nSPS) is 12.4. The first kappa shape index (κ1) is 27.5. The van der Waals surface area contributed by atoms with Crippen LogP contribution in [0.3, 0.4) is 0 Å². The van der Waals surface area contributed by atoms with E-state index in [0.717, 1.165) is 23.1 Å². The van der Waals surface area contributed by atoms with Gasteiger partial charge in [0.25, 0.3) is 0 Å². The fourth-order valence-corrected chi connectivity index (χ4v) is 3.93. The molecule has 30 heavy (non-hydrogen) atoms. The Balaban J connectivity index is 1.85. The summed E-state index contributed by atoms with van der Waals surface area (Å²) in [4.78, 5) is 4.12. The number of aliphatic hydroxyl groups excluding tert-OH is 1. The maximum absolute atomic E-state index is 9.45. The summed E-state index contributed by atoms with van der Waals surface area (Å²) in [6.07, 6.45) is 22.3. The third-order valence-electron chi connectivity index (χ3n) is 5.40. The first-order chi connectivity index (χ1) is 14.8. The summed E-state index contributed by atoms with van der Waals surface area (Å²) in [6, 6.07) is 1.97. The van der Waals surface area contributed by atoms with Crippen LogP contribution >= 0.6 is 15.9 Å². The minimum absolute atomic E-state index is 0.0276. The van der Waals surface area contributed by atoms with Gasteiger partial charge in [0.2, 0.25) is 0 Å². The molecule has 0 radical (unpaired) electrons. The zero-order chi connectivity index (χ0) is 21.7. The number of aliphatic hydroxyl groups is 1. The van der Waals surface area contributed by atoms with Gasteiger partial charge in [-0.2, -0.15) is 0 Å². The lowest BCUT2D eigenvalue weighted by Gasteiger charge is -2.15. The van der Waals surface area contributed by atoms with Crippen molar-refractivity contribution in [2.24, 2.45) is 0 Å². The van der Waals surface area contributed by atoms with Crippen LogP contribution in [0, 0.1) is 0 Å². The van der Waals surface area contributed by atoms with Crippen LogP contribution < -0.4 is 0 Å². The minimum Gasteiger partial charge on any atom is -0.394 e. The molecule has 0 saturated carbocycles. The largest absolute Gasteiger partial charge is 0.394 e. The molecular weight excluding hydrogens is 442 g/mol. The van der Waals surface area contributed by atoms with E-state index in [4.69, 9.17) is 9.47 Å². The van der Waals surface area contributed by atoms with Crippen molar-refractivity contribution in [1.82, 2.24) is 4.98 Å². The van der Waals surface area contributed by atoms with Crippen molar-refractivity contribution in [1.29, 1.82) is 0 Å². The molecule has 1 atom stereocenters. The van der Waals surface area contributed by atoms with Gasteiger partial charge in [-0.15, -0.1) is 0 Å². The van der Waals surface area contributed by atoms with Crippen molar-refractivity contribution in [2.45, 2.75) is 110 Å². The molecule has 1 aromatic heterocycles. The quantitative estimate of drug-likeness (QED) is 0.186. The van der Waals surface area contributed by atoms with Crippen LogP contribution in [0.2, 0.25) is 0 Å². The van der Waals surface area contributed by atoms with E-state index < -0.39 is 0 Å². The van der Waals surface area contributed by atoms with Crippen molar-refractivity contribution in [3.8, 4) is 0 Å². The maximum Gasteiger partial charge on any atom is 0.104 e. The third-order valence-corrected chi connectivity index (χ3v) is 5.83. The molecule has 0 amide bonds. The Morgan fingerprint density at radius 1 is 0.867 bits per heavy atom. The molecule has 1 aromatic rings. The smallest absolute Gasteiger partial charge is 0.104 e. The zero-order valence-corrected chi connectivity index (χ0v) is 20.7. The highest BCUT2D eigenvalue weighted by Gasteiger charge is 2.08. The van der Waals surface area contributed by atoms with E-state index >= 15 is 0 Å². The molecule has 1 heterocycles. The Morgan fingerprint density at radius 2 is 1.43 bits per heavy atom. The number of halogens is 1. The van der Waals surface area contributed by atoms with Gasteiger partial charge in [-0.1, -0.05) is 90.4 Å². The zero-order valence-electron chi connectivity index (χ0n) is 19.1. The van der Waals surface area contributed by atoms with Gasteiger partial charge < -0.3 is 14.6 Å². The van der Waals surface area contributed by atoms with Gasteiger partial charge in [0.15, 0.2) is 0 Å². The highest BCUT2D eigenvalue weighted by molar-refractivity contribution is 9.10. The third kappa shape index (κ3) is 16.2. The SMILES string of the molecule is CCCCCCCCCCCCCCCCOC[C@H](CO)OCc1cncc(Br)c1. The molecule has 0 aliphatic carbocycles. The molecule has 0 aliphatic heterocycles. The number of pyridine rings is 1. The molecule has 0 saturated heterocycles. The standard InChI is InChI=1S/C25H44BrNO3/c1-2-3-4-5-6-7-8-9-10-11-12-13-14-15-16-29-22-25(20-28)30-21-23-17-24(26)19-27-18-23/h17-19,25,28H,2-16,20-22H2,1H3/t25-/m0/s1. The topological polar surface area (TPSA) is 51.6 Å². The Morgan fingerprint density at radius 3 is 1.97 bits per heavy atom. The summed E-state index contributed by atoms with van der Waals surface area (Å²) in [5.41, 5.74) is 0.981. The van der Waals surface area contributed by atoms with Gasteiger partial charge in [0.1, 0.15) is 6.10 Å². The van der Waals surface area contributed by atoms with Crippen LogP contribution in [-0.4, -0.2) is 36.0 Å². The number of unbranched alkanes of at least 4 members (excludes halogenated alkanes) is 13. The summed E-state index contributed by atoms with van der Waals surface area (Å²) < 4.78 is 12.3. The lowest BCUT2D eigenvalue weighted by Crippen LogP contribution is -2.24. The Bertz CT molecular complexity index is 501. The Kier molecular flexibility index (Phi) is 18.7. The lowest BCUT2D eigenvalue weighted by molar-refractivity contribution is -0.0503. The number of rotatable bonds is 21. The van der Waals surface area contributed by atoms with E-state index in [9.17, 15) is 5.11 Å². The predicted molar refractivity (Wildman–Crippen MR) is 129 cm³/mol. The molecule has 0 fully saturated rings. The van der Waals surface area contributed by atoms with Crippen molar-refractivity contribution < 1.29 is 14.6 Å². The summed E-state index contributed by atoms with van der Waals surface area (Å²) in [6.45, 7) is 3.87. The molecule has 174 valence electrons. The molecule has 0 aliphatic rings. The molecular formula is C25H44BrNO3. The summed E-state index contributed by atoms with van der Waals surface area (Å²) in [5, 5.41) is 9.45. The van der Waals surface area contributed by atoms with Gasteiger partial charge in [-0.3, -0.25) is 4.98 Å². The lowest BCUT2D eigenvalue weighted by atomic mass is 10.0. The van der Waals surface area contributed by atoms with Gasteiger partial charge >= 0.3 is 0 Å². The van der Waals surface area contributed by atoms with Crippen LogP contribution in [0.5, 0.6) is 0 Å². The average molecular weight is 487 g/mol. The molecule has 4 nitrogen and oxygen atoms in total. The number of aromatic nitrogens is 1. The van der Waals surface area contributed by atoms with Crippen molar-refractivity contribution >= 4 is 15.9 Å². The Hall–Kier alpha value is -0.490. The van der Waals surface area contributed by atoms with E-state index in [-0.39, 0.29) is 12.7 Å². The molecule has 5 heteroatoms. The molecule has 0 unspecified atom stereocenters. The van der Waals surface area contributed by atoms with E-state index in [1.807, 2.05) is 6.07 Å². The van der Waals surface area contributed by atoms with Crippen molar-refractivity contribution in [3.05, 3.63) is 28.5 Å². The van der Waals surface area contributed by atoms with E-state index in [0.29, 0.717) is 13.2 Å². The predicted octanol–water partition coefficient (Wildman–Crippen LogP) is 7.22. The second-order valence-corrected chi connectivity index (χ2v) is 9.21. The van der Waals surface area contributed by atoms with Crippen LogP contribution in [-0.2, 0) is 16.1 Å². The van der Waals surface area contributed by atoms with Gasteiger partial charge in [0, 0.05) is 23.5 Å². The monoisotopic (exact) mass is 485 g/mol. The molecule has 1 N–H and O–H groups in total. The van der Waals surface area contributed by atoms with Crippen LogP contribution in [0.4, 0.5) is 0 Å². The van der Waals surface area contributed by atoms with E-state index in [2.05, 4.69) is 27.8 Å². The molecule has 0 aromatic carbocycles. The molecule has 0 spiro atoms. The summed E-state index contributed by atoms with van der Waals surface area (Å²) in [5.74, 6) is 0. The van der Waals surface area contributed by atoms with Gasteiger partial charge in [-0.05, 0) is 34.0 Å². The van der Waals surface area contributed by atoms with Crippen LogP contribution in [0.1, 0.15) is 102 Å². The highest BCUT2D eigenvalue weighted by Crippen LogP contribution is 2.13. The fourth-order valence-electron chi connectivity index (χ4n) is 3.52. The summed E-state index contributed by atoms with van der Waals surface area (Å²) in [7, 11) is 0. The summed E-state index contributed by atoms with van der Waals surface area (Å²) >= 11 is 3.40. The molecule has 1 rings (SSSR count). The van der Waals surface area contributed by atoms with Gasteiger partial charge in [-0.25, -0.2) is 0 Å². The highest BCUT2D eigenvalue weighted by atomic mass is 79.9. The minimum atomic E-state index is -0.282. The van der Waals surface area contributed by atoms with Crippen LogP contribution in [0.15, 0.2) is 22.9 Å². The number of hydrogen-bond donors (Lipinski definition) is 1. The number of hydrogen-bond acceptors (Lipinski definition) is 4. The number of nitrogens with zero attached hydrogens (tertiary/aromatic N) is 1. The first-order valence-corrected chi connectivity index (χ1v) is 12.9. The second kappa shape index (κ2) is 20.4. The first-order valence-electron chi connectivity index (χ1n) is 12.2. The fraction of sp³-hybridized carbons (Fsp3) is 0.800. The van der Waals surface area contributed by atoms with E-state index in [1.54, 1.807) is 12.4 Å². The Labute approximate surface area is 193 Å². The van der Waals surface area contributed by atoms with Crippen LogP contribution in [0.25, 0.3) is 0 Å². The van der Waals surface area contributed by atoms with Crippen molar-refractivity contribution in [3.63, 3.8) is 0 Å². The van der Waals surface area contributed by atoms with Crippen molar-refractivity contribution in [2.75, 3.05) is 19.8 Å². The maximum atomic E-state index is 9.45. The van der Waals surface area contributed by atoms with E-state index in [1.165, 1.54) is 83.5 Å². The second-order valence-electron chi connectivity index (χ2n) is 8.30. The molecule has 0 bridgehead atoms. The average Bonchev–Trinajstić information content (AvgIpc) is 2.75. The van der Waals surface area contributed by atoms with Gasteiger partial charge in [0.05, 0.1) is 19.8 Å². The number of ether oxygens (including phenoxy) is 2.